The van der Waals surface area contributed by atoms with Crippen molar-refractivity contribution < 1.29 is 14.9 Å². The number of aromatic hydroxyl groups is 1. The van der Waals surface area contributed by atoms with Gasteiger partial charge in [-0.2, -0.15) is 0 Å². The molecule has 1 atom stereocenters. The third-order valence-electron chi connectivity index (χ3n) is 5.60. The minimum Gasteiger partial charge on any atom is -0.508 e. The monoisotopic (exact) mass is 377 g/mol. The number of benzene rings is 1. The normalized spacial score (nSPS) is 16.5. The van der Waals surface area contributed by atoms with Crippen LogP contribution >= 0.6 is 0 Å². The lowest BCUT2D eigenvalue weighted by Crippen LogP contribution is -2.44. The fourth-order valence-electron chi connectivity index (χ4n) is 3.57. The molecule has 4 nitrogen and oxygen atoms in total. The van der Waals surface area contributed by atoms with Crippen molar-refractivity contribution in [3.63, 3.8) is 0 Å². The number of aliphatic hydroxyl groups is 1. The summed E-state index contributed by atoms with van der Waals surface area (Å²) in [6.45, 7) is 5.23. The van der Waals surface area contributed by atoms with Gasteiger partial charge in [-0.3, -0.25) is 0 Å². The van der Waals surface area contributed by atoms with Crippen molar-refractivity contribution in [3.8, 4) is 11.5 Å². The highest BCUT2D eigenvalue weighted by Gasteiger charge is 2.33. The Hall–Kier alpha value is -1.26. The highest BCUT2D eigenvalue weighted by Crippen LogP contribution is 2.37. The molecule has 1 aromatic rings. The van der Waals surface area contributed by atoms with Crippen LogP contribution in [0.2, 0.25) is 0 Å². The van der Waals surface area contributed by atoms with E-state index < -0.39 is 5.54 Å². The zero-order valence-corrected chi connectivity index (χ0v) is 17.3. The molecule has 1 fully saturated rings. The standard InChI is InChI=1S/C23H39NO3/c1-18(2)7-5-3-4-6-14-27-21-11-10-20(22(26)15-21)12-13-23(24,17-25)16-19-8-9-19/h10-11,15,18-19,25-26H,3-9,12-14,16-17,24H2,1-2H3. The molecule has 4 heteroatoms. The van der Waals surface area contributed by atoms with Gasteiger partial charge in [0.05, 0.1) is 13.2 Å². The molecule has 27 heavy (non-hydrogen) atoms. The van der Waals surface area contributed by atoms with Crippen LogP contribution in [-0.2, 0) is 6.42 Å². The van der Waals surface area contributed by atoms with Gasteiger partial charge in [-0.1, -0.05) is 58.4 Å². The zero-order valence-electron chi connectivity index (χ0n) is 17.3. The van der Waals surface area contributed by atoms with Gasteiger partial charge in [0, 0.05) is 11.6 Å². The Kier molecular flexibility index (Phi) is 8.91. The fraction of sp³-hybridized carbons (Fsp3) is 0.739. The van der Waals surface area contributed by atoms with Gasteiger partial charge in [0.1, 0.15) is 11.5 Å². The van der Waals surface area contributed by atoms with E-state index in [4.69, 9.17) is 10.5 Å². The first kappa shape index (κ1) is 22.0. The molecule has 0 radical (unpaired) electrons. The van der Waals surface area contributed by atoms with Crippen molar-refractivity contribution in [2.45, 2.75) is 83.6 Å². The van der Waals surface area contributed by atoms with Gasteiger partial charge in [0.15, 0.2) is 0 Å². The Morgan fingerprint density at radius 3 is 2.56 bits per heavy atom. The number of aliphatic hydroxyl groups excluding tert-OH is 1. The summed E-state index contributed by atoms with van der Waals surface area (Å²) in [6, 6.07) is 5.54. The van der Waals surface area contributed by atoms with Crippen LogP contribution in [0.25, 0.3) is 0 Å². The molecule has 1 aliphatic carbocycles. The number of nitrogens with two attached hydrogens (primary N) is 1. The molecule has 1 aromatic carbocycles. The first-order valence-electron chi connectivity index (χ1n) is 10.8. The average Bonchev–Trinajstić information content (AvgIpc) is 3.43. The van der Waals surface area contributed by atoms with Gasteiger partial charge in [-0.05, 0) is 49.1 Å². The zero-order chi connectivity index (χ0) is 19.7. The van der Waals surface area contributed by atoms with Crippen LogP contribution in [0, 0.1) is 11.8 Å². The van der Waals surface area contributed by atoms with E-state index in [0.717, 1.165) is 30.1 Å². The second-order valence-electron chi connectivity index (χ2n) is 8.90. The summed E-state index contributed by atoms with van der Waals surface area (Å²) < 4.78 is 5.77. The smallest absolute Gasteiger partial charge is 0.122 e. The van der Waals surface area contributed by atoms with Crippen LogP contribution in [0.1, 0.15) is 77.2 Å². The summed E-state index contributed by atoms with van der Waals surface area (Å²) in [7, 11) is 0. The number of phenols is 1. The van der Waals surface area contributed by atoms with E-state index in [9.17, 15) is 10.2 Å². The Labute approximate surface area is 165 Å². The van der Waals surface area contributed by atoms with E-state index in [1.165, 1.54) is 38.5 Å². The highest BCUT2D eigenvalue weighted by molar-refractivity contribution is 5.39. The first-order valence-corrected chi connectivity index (χ1v) is 10.8. The Balaban J connectivity index is 1.69. The van der Waals surface area contributed by atoms with Gasteiger partial charge in [0.25, 0.3) is 0 Å². The lowest BCUT2D eigenvalue weighted by Gasteiger charge is -2.27. The van der Waals surface area contributed by atoms with Crippen molar-refractivity contribution in [2.24, 2.45) is 17.6 Å². The van der Waals surface area contributed by atoms with Crippen LogP contribution in [0.3, 0.4) is 0 Å². The molecule has 1 saturated carbocycles. The predicted molar refractivity (Wildman–Crippen MR) is 111 cm³/mol. The maximum absolute atomic E-state index is 10.3. The predicted octanol–water partition coefficient (Wildman–Crippen LogP) is 4.80. The van der Waals surface area contributed by atoms with Gasteiger partial charge >= 0.3 is 0 Å². The third-order valence-corrected chi connectivity index (χ3v) is 5.60. The Morgan fingerprint density at radius 2 is 1.93 bits per heavy atom. The maximum Gasteiger partial charge on any atom is 0.122 e. The molecular formula is C23H39NO3. The molecule has 1 aliphatic rings. The number of aryl methyl sites for hydroxylation is 1. The van der Waals surface area contributed by atoms with Crippen molar-refractivity contribution >= 4 is 0 Å². The Bertz CT molecular complexity index is 557. The molecule has 2 rings (SSSR count). The average molecular weight is 378 g/mol. The summed E-state index contributed by atoms with van der Waals surface area (Å²) in [4.78, 5) is 0. The van der Waals surface area contributed by atoms with Crippen molar-refractivity contribution in [1.29, 1.82) is 0 Å². The van der Waals surface area contributed by atoms with Crippen LogP contribution in [0.15, 0.2) is 18.2 Å². The molecular weight excluding hydrogens is 338 g/mol. The second-order valence-corrected chi connectivity index (χ2v) is 8.90. The lowest BCUT2D eigenvalue weighted by molar-refractivity contribution is 0.172. The van der Waals surface area contributed by atoms with Gasteiger partial charge in [-0.15, -0.1) is 0 Å². The summed E-state index contributed by atoms with van der Waals surface area (Å²) in [5.74, 6) is 2.45. The molecule has 154 valence electrons. The summed E-state index contributed by atoms with van der Waals surface area (Å²) >= 11 is 0. The quantitative estimate of drug-likeness (QED) is 0.407. The second kappa shape index (κ2) is 10.9. The summed E-state index contributed by atoms with van der Waals surface area (Å²) in [6.07, 6.45) is 10.8. The summed E-state index contributed by atoms with van der Waals surface area (Å²) in [5.41, 5.74) is 6.68. The van der Waals surface area contributed by atoms with Crippen LogP contribution in [-0.4, -0.2) is 29.0 Å². The number of hydrogen-bond donors (Lipinski definition) is 3. The maximum atomic E-state index is 10.3. The molecule has 0 aromatic heterocycles. The van der Waals surface area contributed by atoms with Crippen molar-refractivity contribution in [1.82, 2.24) is 0 Å². The summed E-state index contributed by atoms with van der Waals surface area (Å²) in [5, 5.41) is 19.9. The van der Waals surface area contributed by atoms with E-state index in [0.29, 0.717) is 25.4 Å². The molecule has 0 spiro atoms. The molecule has 0 aliphatic heterocycles. The fourth-order valence-corrected chi connectivity index (χ4v) is 3.57. The van der Waals surface area contributed by atoms with Crippen molar-refractivity contribution in [3.05, 3.63) is 23.8 Å². The third kappa shape index (κ3) is 8.52. The van der Waals surface area contributed by atoms with E-state index in [-0.39, 0.29) is 12.4 Å². The number of rotatable bonds is 14. The van der Waals surface area contributed by atoms with Gasteiger partial charge < -0.3 is 20.7 Å². The SMILES string of the molecule is CC(C)CCCCCCOc1ccc(CCC(N)(CO)CC2CC2)c(O)c1. The van der Waals surface area contributed by atoms with Crippen LogP contribution < -0.4 is 10.5 Å². The Morgan fingerprint density at radius 1 is 1.19 bits per heavy atom. The molecule has 4 N–H and O–H groups in total. The first-order chi connectivity index (χ1) is 12.9. The molecule has 1 unspecified atom stereocenters. The van der Waals surface area contributed by atoms with E-state index in [2.05, 4.69) is 13.8 Å². The number of phenolic OH excluding ortho intramolecular Hbond substituents is 1. The number of unbranched alkanes of at least 4 members (excludes halogenated alkanes) is 3. The largest absolute Gasteiger partial charge is 0.508 e. The number of hydrogen-bond acceptors (Lipinski definition) is 4. The van der Waals surface area contributed by atoms with E-state index in [1.807, 2.05) is 12.1 Å². The van der Waals surface area contributed by atoms with E-state index in [1.54, 1.807) is 6.07 Å². The molecule has 0 heterocycles. The molecule has 0 amide bonds. The lowest BCUT2D eigenvalue weighted by atomic mass is 9.87. The van der Waals surface area contributed by atoms with Crippen molar-refractivity contribution in [2.75, 3.05) is 13.2 Å². The van der Waals surface area contributed by atoms with E-state index >= 15 is 0 Å². The molecule has 0 saturated heterocycles. The minimum atomic E-state index is -0.529. The highest BCUT2D eigenvalue weighted by atomic mass is 16.5. The molecule has 0 bridgehead atoms. The van der Waals surface area contributed by atoms with Crippen LogP contribution in [0.4, 0.5) is 0 Å². The van der Waals surface area contributed by atoms with Gasteiger partial charge in [0.2, 0.25) is 0 Å². The van der Waals surface area contributed by atoms with Crippen LogP contribution in [0.5, 0.6) is 11.5 Å². The topological polar surface area (TPSA) is 75.7 Å². The minimum absolute atomic E-state index is 0.00260. The van der Waals surface area contributed by atoms with Gasteiger partial charge in [-0.25, -0.2) is 0 Å². The number of ether oxygens (including phenoxy) is 1.